The van der Waals surface area contributed by atoms with Crippen LogP contribution in [-0.2, 0) is 0 Å². The number of aliphatic hydroxyl groups excluding tert-OH is 1. The summed E-state index contributed by atoms with van der Waals surface area (Å²) in [5, 5.41) is 23.7. The second kappa shape index (κ2) is 5.62. The summed E-state index contributed by atoms with van der Waals surface area (Å²) in [6.07, 6.45) is 4.37. The highest BCUT2D eigenvalue weighted by Gasteiger charge is 2.27. The van der Waals surface area contributed by atoms with Gasteiger partial charge in [-0.1, -0.05) is 6.92 Å². The molecule has 3 rings (SSSR count). The van der Waals surface area contributed by atoms with Crippen molar-refractivity contribution in [2.45, 2.75) is 32.3 Å². The highest BCUT2D eigenvalue weighted by molar-refractivity contribution is 5.86. The van der Waals surface area contributed by atoms with Gasteiger partial charge in [0.2, 0.25) is 5.95 Å². The molecule has 20 heavy (non-hydrogen) atoms. The molecule has 0 spiro atoms. The van der Waals surface area contributed by atoms with E-state index in [0.717, 1.165) is 49.2 Å². The van der Waals surface area contributed by atoms with E-state index >= 15 is 0 Å². The maximum atomic E-state index is 9.32. The maximum Gasteiger partial charge on any atom is 0.226 e. The molecule has 0 amide bonds. The Hall–Kier alpha value is -1.89. The third kappa shape index (κ3) is 2.67. The zero-order chi connectivity index (χ0) is 13.9. The summed E-state index contributed by atoms with van der Waals surface area (Å²) < 4.78 is 0. The van der Waals surface area contributed by atoms with E-state index in [1.807, 2.05) is 0 Å². The van der Waals surface area contributed by atoms with Crippen molar-refractivity contribution in [3.8, 4) is 0 Å². The molecule has 0 radical (unpaired) electrons. The van der Waals surface area contributed by atoms with Crippen LogP contribution in [0.3, 0.4) is 0 Å². The second-order valence-electron chi connectivity index (χ2n) is 5.33. The molecule has 1 aliphatic rings. The minimum atomic E-state index is -0.122. The van der Waals surface area contributed by atoms with E-state index in [4.69, 9.17) is 0 Å². The smallest absolute Gasteiger partial charge is 0.226 e. The van der Waals surface area contributed by atoms with E-state index < -0.39 is 0 Å². The van der Waals surface area contributed by atoms with Crippen molar-refractivity contribution >= 4 is 22.8 Å². The normalized spacial score (nSPS) is 21.7. The predicted octanol–water partition coefficient (Wildman–Crippen LogP) is 1.36. The van der Waals surface area contributed by atoms with Crippen LogP contribution in [0.15, 0.2) is 6.20 Å². The zero-order valence-electron chi connectivity index (χ0n) is 11.6. The van der Waals surface area contributed by atoms with Crippen molar-refractivity contribution in [3.63, 3.8) is 0 Å². The first-order valence-electron chi connectivity index (χ1n) is 7.13. The number of fused-ring (bicyclic) bond motifs is 1. The number of H-pyrrole nitrogens is 1. The first-order chi connectivity index (χ1) is 9.76. The van der Waals surface area contributed by atoms with Crippen molar-refractivity contribution in [1.82, 2.24) is 20.2 Å². The van der Waals surface area contributed by atoms with Crippen LogP contribution in [0.25, 0.3) is 11.0 Å². The van der Waals surface area contributed by atoms with E-state index in [2.05, 4.69) is 37.7 Å². The third-order valence-electron chi connectivity index (χ3n) is 3.61. The van der Waals surface area contributed by atoms with Gasteiger partial charge in [0, 0.05) is 13.1 Å². The summed E-state index contributed by atoms with van der Waals surface area (Å²) >= 11 is 0. The Balaban J connectivity index is 1.74. The zero-order valence-corrected chi connectivity index (χ0v) is 11.6. The lowest BCUT2D eigenvalue weighted by Crippen LogP contribution is -2.33. The Bertz CT molecular complexity index is 577. The standard InChI is InChI=1S/C13H20N6O/c1-2-3-14-13-17-11(10-7-16-19-12(10)18-13)15-6-8-4-9(20)5-8/h7-9,20H,2-6H2,1H3,(H3,14,15,16,17,18,19). The van der Waals surface area contributed by atoms with Crippen molar-refractivity contribution in [3.05, 3.63) is 6.20 Å². The fourth-order valence-corrected chi connectivity index (χ4v) is 2.39. The summed E-state index contributed by atoms with van der Waals surface area (Å²) in [4.78, 5) is 8.89. The molecule has 108 valence electrons. The number of hydrogen-bond donors (Lipinski definition) is 4. The molecule has 2 aromatic rings. The highest BCUT2D eigenvalue weighted by Crippen LogP contribution is 2.28. The van der Waals surface area contributed by atoms with Gasteiger partial charge in [-0.3, -0.25) is 5.10 Å². The quantitative estimate of drug-likeness (QED) is 0.636. The Morgan fingerprint density at radius 2 is 2.20 bits per heavy atom. The molecule has 0 unspecified atom stereocenters. The van der Waals surface area contributed by atoms with Gasteiger partial charge in [-0.2, -0.15) is 15.1 Å². The Labute approximate surface area is 117 Å². The van der Waals surface area contributed by atoms with Gasteiger partial charge in [-0.15, -0.1) is 0 Å². The lowest BCUT2D eigenvalue weighted by molar-refractivity contribution is 0.0486. The topological polar surface area (TPSA) is 98.8 Å². The first-order valence-corrected chi connectivity index (χ1v) is 7.13. The SMILES string of the molecule is CCCNc1nc(NCC2CC(O)C2)c2cn[nH]c2n1. The fourth-order valence-electron chi connectivity index (χ4n) is 2.39. The summed E-state index contributed by atoms with van der Waals surface area (Å²) in [7, 11) is 0. The number of aromatic nitrogens is 4. The van der Waals surface area contributed by atoms with Crippen molar-refractivity contribution < 1.29 is 5.11 Å². The van der Waals surface area contributed by atoms with Crippen molar-refractivity contribution in [2.24, 2.45) is 5.92 Å². The van der Waals surface area contributed by atoms with Crippen LogP contribution in [0, 0.1) is 5.92 Å². The molecule has 7 heteroatoms. The number of aromatic amines is 1. The summed E-state index contributed by atoms with van der Waals surface area (Å²) in [6.45, 7) is 3.76. The molecule has 0 aliphatic heterocycles. The molecule has 0 bridgehead atoms. The molecular weight excluding hydrogens is 256 g/mol. The van der Waals surface area contributed by atoms with Crippen LogP contribution < -0.4 is 10.6 Å². The number of nitrogens with zero attached hydrogens (tertiary/aromatic N) is 3. The van der Waals surface area contributed by atoms with E-state index in [9.17, 15) is 5.11 Å². The van der Waals surface area contributed by atoms with E-state index in [1.54, 1.807) is 6.20 Å². The van der Waals surface area contributed by atoms with Gasteiger partial charge in [0.15, 0.2) is 5.65 Å². The summed E-state index contributed by atoms with van der Waals surface area (Å²) in [5.41, 5.74) is 0.731. The lowest BCUT2D eigenvalue weighted by atomic mass is 9.82. The first kappa shape index (κ1) is 13.1. The molecular formula is C13H20N6O. The Morgan fingerprint density at radius 3 is 2.95 bits per heavy atom. The number of rotatable bonds is 6. The van der Waals surface area contributed by atoms with Crippen LogP contribution in [0.4, 0.5) is 11.8 Å². The molecule has 4 N–H and O–H groups in total. The number of anilines is 2. The van der Waals surface area contributed by atoms with Crippen molar-refractivity contribution in [2.75, 3.05) is 23.7 Å². The average molecular weight is 276 g/mol. The molecule has 1 aliphatic carbocycles. The monoisotopic (exact) mass is 276 g/mol. The van der Waals surface area contributed by atoms with Crippen LogP contribution in [0.2, 0.25) is 0 Å². The molecule has 2 heterocycles. The van der Waals surface area contributed by atoms with Crippen molar-refractivity contribution in [1.29, 1.82) is 0 Å². The van der Waals surface area contributed by atoms with E-state index in [1.165, 1.54) is 0 Å². The van der Waals surface area contributed by atoms with Crippen LogP contribution in [-0.4, -0.2) is 44.5 Å². The molecule has 1 fully saturated rings. The van der Waals surface area contributed by atoms with Crippen LogP contribution >= 0.6 is 0 Å². The Kier molecular flexibility index (Phi) is 3.68. The highest BCUT2D eigenvalue weighted by atomic mass is 16.3. The Morgan fingerprint density at radius 1 is 1.35 bits per heavy atom. The van der Waals surface area contributed by atoms with E-state index in [0.29, 0.717) is 11.9 Å². The van der Waals surface area contributed by atoms with Crippen LogP contribution in [0.1, 0.15) is 26.2 Å². The van der Waals surface area contributed by atoms with Gasteiger partial charge in [-0.25, -0.2) is 0 Å². The summed E-state index contributed by atoms with van der Waals surface area (Å²) in [6, 6.07) is 0. The molecule has 1 saturated carbocycles. The number of hydrogen-bond acceptors (Lipinski definition) is 6. The van der Waals surface area contributed by atoms with Gasteiger partial charge < -0.3 is 15.7 Å². The number of nitrogens with one attached hydrogen (secondary N) is 3. The minimum absolute atomic E-state index is 0.122. The second-order valence-corrected chi connectivity index (χ2v) is 5.33. The van der Waals surface area contributed by atoms with Crippen LogP contribution in [0.5, 0.6) is 0 Å². The third-order valence-corrected chi connectivity index (χ3v) is 3.61. The molecule has 7 nitrogen and oxygen atoms in total. The summed E-state index contributed by atoms with van der Waals surface area (Å²) in [5.74, 6) is 1.93. The molecule has 0 atom stereocenters. The average Bonchev–Trinajstić information content (AvgIpc) is 2.88. The predicted molar refractivity (Wildman–Crippen MR) is 77.7 cm³/mol. The van der Waals surface area contributed by atoms with Gasteiger partial charge in [0.05, 0.1) is 17.7 Å². The maximum absolute atomic E-state index is 9.32. The minimum Gasteiger partial charge on any atom is -0.393 e. The van der Waals surface area contributed by atoms with Gasteiger partial charge >= 0.3 is 0 Å². The van der Waals surface area contributed by atoms with E-state index in [-0.39, 0.29) is 6.10 Å². The largest absolute Gasteiger partial charge is 0.393 e. The molecule has 0 aromatic carbocycles. The fraction of sp³-hybridized carbons (Fsp3) is 0.615. The van der Waals surface area contributed by atoms with Gasteiger partial charge in [-0.05, 0) is 25.2 Å². The van der Waals surface area contributed by atoms with Gasteiger partial charge in [0.1, 0.15) is 5.82 Å². The molecule has 0 saturated heterocycles. The number of aliphatic hydroxyl groups is 1. The lowest BCUT2D eigenvalue weighted by Gasteiger charge is -2.31. The van der Waals surface area contributed by atoms with Gasteiger partial charge in [0.25, 0.3) is 0 Å². The molecule has 2 aromatic heterocycles.